The SMILES string of the molecule is O=C(O)C(Cc1ccccc1)Nc1nc(-c2ccccc2)nc2sc(I)cc12. The van der Waals surface area contributed by atoms with Crippen molar-refractivity contribution in [2.24, 2.45) is 0 Å². The Labute approximate surface area is 179 Å². The lowest BCUT2D eigenvalue weighted by Crippen LogP contribution is -2.32. The van der Waals surface area contributed by atoms with Gasteiger partial charge in [-0.05, 0) is 34.2 Å². The van der Waals surface area contributed by atoms with Crippen LogP contribution in [0.1, 0.15) is 5.56 Å². The first-order valence-corrected chi connectivity index (χ1v) is 10.6. The first-order chi connectivity index (χ1) is 13.6. The molecule has 0 fully saturated rings. The molecule has 0 amide bonds. The number of anilines is 1. The predicted molar refractivity (Wildman–Crippen MR) is 121 cm³/mol. The number of carboxylic acids is 1. The fourth-order valence-electron chi connectivity index (χ4n) is 2.93. The third-order valence-corrected chi connectivity index (χ3v) is 6.08. The number of hydrogen-bond acceptors (Lipinski definition) is 5. The number of carboxylic acid groups (broad SMARTS) is 1. The lowest BCUT2D eigenvalue weighted by Gasteiger charge is -2.16. The molecule has 1 unspecified atom stereocenters. The van der Waals surface area contributed by atoms with Crippen molar-refractivity contribution < 1.29 is 9.90 Å². The van der Waals surface area contributed by atoms with E-state index in [4.69, 9.17) is 0 Å². The predicted octanol–water partition coefficient (Wildman–Crippen LogP) is 5.07. The summed E-state index contributed by atoms with van der Waals surface area (Å²) < 4.78 is 1.07. The van der Waals surface area contributed by atoms with Crippen molar-refractivity contribution in [1.82, 2.24) is 9.97 Å². The van der Waals surface area contributed by atoms with Crippen LogP contribution in [0.2, 0.25) is 0 Å². The van der Waals surface area contributed by atoms with E-state index in [2.05, 4.69) is 37.9 Å². The second-order valence-electron chi connectivity index (χ2n) is 6.26. The molecule has 5 nitrogen and oxygen atoms in total. The van der Waals surface area contributed by atoms with Crippen LogP contribution >= 0.6 is 33.9 Å². The number of thiophene rings is 1. The number of rotatable bonds is 6. The van der Waals surface area contributed by atoms with Gasteiger partial charge in [0.15, 0.2) is 5.82 Å². The molecular weight excluding hydrogens is 485 g/mol. The smallest absolute Gasteiger partial charge is 0.326 e. The van der Waals surface area contributed by atoms with E-state index in [9.17, 15) is 9.90 Å². The molecule has 140 valence electrons. The summed E-state index contributed by atoms with van der Waals surface area (Å²) in [5, 5.41) is 13.7. The number of aromatic nitrogens is 2. The highest BCUT2D eigenvalue weighted by molar-refractivity contribution is 14.1. The normalized spacial score (nSPS) is 12.0. The first kappa shape index (κ1) is 18.8. The molecule has 0 radical (unpaired) electrons. The lowest BCUT2D eigenvalue weighted by molar-refractivity contribution is -0.137. The molecule has 2 heterocycles. The minimum absolute atomic E-state index is 0.365. The van der Waals surface area contributed by atoms with E-state index >= 15 is 0 Å². The number of benzene rings is 2. The zero-order chi connectivity index (χ0) is 19.5. The zero-order valence-corrected chi connectivity index (χ0v) is 17.6. The lowest BCUT2D eigenvalue weighted by atomic mass is 10.1. The number of nitrogens with one attached hydrogen (secondary N) is 1. The average molecular weight is 501 g/mol. The maximum absolute atomic E-state index is 11.9. The molecular formula is C21H16IN3O2S. The van der Waals surface area contributed by atoms with Crippen molar-refractivity contribution in [2.75, 3.05) is 5.32 Å². The van der Waals surface area contributed by atoms with E-state index < -0.39 is 12.0 Å². The third kappa shape index (κ3) is 4.15. The molecule has 0 spiro atoms. The fraction of sp³-hybridized carbons (Fsp3) is 0.0952. The van der Waals surface area contributed by atoms with Gasteiger partial charge in [-0.1, -0.05) is 60.7 Å². The van der Waals surface area contributed by atoms with Gasteiger partial charge in [0.1, 0.15) is 16.7 Å². The molecule has 28 heavy (non-hydrogen) atoms. The maximum Gasteiger partial charge on any atom is 0.326 e. The van der Waals surface area contributed by atoms with E-state index in [-0.39, 0.29) is 0 Å². The van der Waals surface area contributed by atoms with Crippen molar-refractivity contribution in [1.29, 1.82) is 0 Å². The van der Waals surface area contributed by atoms with Crippen molar-refractivity contribution >= 4 is 55.9 Å². The highest BCUT2D eigenvalue weighted by Gasteiger charge is 2.21. The second kappa shape index (κ2) is 8.24. The minimum Gasteiger partial charge on any atom is -0.480 e. The van der Waals surface area contributed by atoms with Gasteiger partial charge in [0.25, 0.3) is 0 Å². The van der Waals surface area contributed by atoms with Gasteiger partial charge in [0.05, 0.1) is 8.27 Å². The Morgan fingerprint density at radius 3 is 2.43 bits per heavy atom. The molecule has 7 heteroatoms. The standard InChI is InChI=1S/C21H16IN3O2S/c22-17-12-15-19(23-16(21(26)27)11-13-7-3-1-4-8-13)24-18(25-20(15)28-17)14-9-5-2-6-10-14/h1-10,12,16H,11H2,(H,26,27)(H,23,24,25). The monoisotopic (exact) mass is 501 g/mol. The number of carbonyl (C=O) groups is 1. The number of fused-ring (bicyclic) bond motifs is 1. The van der Waals surface area contributed by atoms with Gasteiger partial charge in [0, 0.05) is 12.0 Å². The van der Waals surface area contributed by atoms with Crippen LogP contribution < -0.4 is 5.32 Å². The second-order valence-corrected chi connectivity index (χ2v) is 9.18. The topological polar surface area (TPSA) is 75.1 Å². The molecule has 0 bridgehead atoms. The Bertz CT molecular complexity index is 1120. The van der Waals surface area contributed by atoms with E-state index in [0.717, 1.165) is 24.2 Å². The van der Waals surface area contributed by atoms with Crippen LogP contribution in [0.15, 0.2) is 66.7 Å². The summed E-state index contributed by atoms with van der Waals surface area (Å²) in [6, 6.07) is 20.5. The molecule has 2 aromatic carbocycles. The highest BCUT2D eigenvalue weighted by atomic mass is 127. The molecule has 0 aliphatic rings. The van der Waals surface area contributed by atoms with E-state index in [1.165, 1.54) is 0 Å². The molecule has 0 aliphatic carbocycles. The van der Waals surface area contributed by atoms with Crippen molar-refractivity contribution in [3.8, 4) is 11.4 Å². The van der Waals surface area contributed by atoms with Crippen LogP contribution in [0.4, 0.5) is 5.82 Å². The van der Waals surface area contributed by atoms with Gasteiger partial charge in [-0.3, -0.25) is 0 Å². The molecule has 0 aliphatic heterocycles. The molecule has 0 saturated carbocycles. The Hall–Kier alpha value is -2.52. The number of halogens is 1. The molecule has 2 N–H and O–H groups in total. The third-order valence-electron chi connectivity index (χ3n) is 4.29. The summed E-state index contributed by atoms with van der Waals surface area (Å²) in [6.07, 6.45) is 0.365. The Balaban J connectivity index is 1.74. The quantitative estimate of drug-likeness (QED) is 0.361. The summed E-state index contributed by atoms with van der Waals surface area (Å²) in [4.78, 5) is 22.1. The van der Waals surface area contributed by atoms with Crippen LogP contribution in [0.3, 0.4) is 0 Å². The molecule has 2 aromatic heterocycles. The van der Waals surface area contributed by atoms with Crippen LogP contribution in [0, 0.1) is 2.88 Å². The fourth-order valence-corrected chi connectivity index (χ4v) is 4.63. The van der Waals surface area contributed by atoms with Gasteiger partial charge in [-0.15, -0.1) is 11.3 Å². The van der Waals surface area contributed by atoms with E-state index in [1.807, 2.05) is 66.7 Å². The summed E-state index contributed by atoms with van der Waals surface area (Å²) in [6.45, 7) is 0. The Kier molecular flexibility index (Phi) is 5.54. The average Bonchev–Trinajstić information content (AvgIpc) is 3.09. The maximum atomic E-state index is 11.9. The van der Waals surface area contributed by atoms with Crippen LogP contribution in [0.25, 0.3) is 21.6 Å². The van der Waals surface area contributed by atoms with Crippen LogP contribution in [-0.4, -0.2) is 27.1 Å². The van der Waals surface area contributed by atoms with Crippen molar-refractivity contribution in [3.05, 3.63) is 75.2 Å². The summed E-state index contributed by atoms with van der Waals surface area (Å²) in [5.74, 6) is 0.214. The first-order valence-electron chi connectivity index (χ1n) is 8.66. The van der Waals surface area contributed by atoms with Crippen molar-refractivity contribution in [3.63, 3.8) is 0 Å². The number of hydrogen-bond donors (Lipinski definition) is 2. The Morgan fingerprint density at radius 2 is 1.75 bits per heavy atom. The summed E-state index contributed by atoms with van der Waals surface area (Å²) >= 11 is 3.81. The number of aliphatic carboxylic acids is 1. The van der Waals surface area contributed by atoms with Crippen LogP contribution in [-0.2, 0) is 11.2 Å². The van der Waals surface area contributed by atoms with Gasteiger partial charge < -0.3 is 10.4 Å². The van der Waals surface area contributed by atoms with Gasteiger partial charge in [-0.2, -0.15) is 0 Å². The molecule has 4 rings (SSSR count). The zero-order valence-electron chi connectivity index (χ0n) is 14.7. The molecule has 0 saturated heterocycles. The Morgan fingerprint density at radius 1 is 1.07 bits per heavy atom. The highest BCUT2D eigenvalue weighted by Crippen LogP contribution is 2.32. The van der Waals surface area contributed by atoms with Gasteiger partial charge >= 0.3 is 5.97 Å². The number of nitrogens with zero attached hydrogens (tertiary/aromatic N) is 2. The summed E-state index contributed by atoms with van der Waals surface area (Å²) in [5.41, 5.74) is 1.85. The summed E-state index contributed by atoms with van der Waals surface area (Å²) in [7, 11) is 0. The van der Waals surface area contributed by atoms with Gasteiger partial charge in [0.2, 0.25) is 0 Å². The minimum atomic E-state index is -0.915. The van der Waals surface area contributed by atoms with E-state index in [1.54, 1.807) is 11.3 Å². The van der Waals surface area contributed by atoms with Gasteiger partial charge in [-0.25, -0.2) is 14.8 Å². The van der Waals surface area contributed by atoms with E-state index in [0.29, 0.717) is 18.1 Å². The molecule has 1 atom stereocenters. The molecule has 4 aromatic rings. The largest absolute Gasteiger partial charge is 0.480 e. The van der Waals surface area contributed by atoms with Crippen molar-refractivity contribution in [2.45, 2.75) is 12.5 Å². The van der Waals surface area contributed by atoms with Crippen LogP contribution in [0.5, 0.6) is 0 Å².